The smallest absolute Gasteiger partial charge is 0.256 e. The lowest BCUT2D eigenvalue weighted by Crippen LogP contribution is -2.46. The van der Waals surface area contributed by atoms with Gasteiger partial charge in [-0.05, 0) is 35.7 Å². The van der Waals surface area contributed by atoms with Gasteiger partial charge in [0.2, 0.25) is 5.91 Å². The number of halogens is 1. The van der Waals surface area contributed by atoms with Gasteiger partial charge in [-0.25, -0.2) is 4.39 Å². The first-order valence-corrected chi connectivity index (χ1v) is 9.25. The van der Waals surface area contributed by atoms with E-state index in [1.807, 2.05) is 30.3 Å². The maximum Gasteiger partial charge on any atom is 0.256 e. The molecular weight excluding hydrogens is 339 g/mol. The molecule has 128 valence electrons. The predicted molar refractivity (Wildman–Crippen MR) is 94.7 cm³/mol. The third kappa shape index (κ3) is 2.91. The van der Waals surface area contributed by atoms with Crippen molar-refractivity contribution in [2.24, 2.45) is 0 Å². The molecule has 1 fully saturated rings. The van der Waals surface area contributed by atoms with E-state index >= 15 is 0 Å². The number of benzene rings is 2. The molecule has 2 amide bonds. The fraction of sp³-hybridized carbons (Fsp3) is 0.263. The van der Waals surface area contributed by atoms with Crippen LogP contribution in [0.4, 0.5) is 4.39 Å². The van der Waals surface area contributed by atoms with Crippen molar-refractivity contribution in [1.29, 1.82) is 0 Å². The Morgan fingerprint density at radius 2 is 2.08 bits per heavy atom. The zero-order valence-corrected chi connectivity index (χ0v) is 14.3. The summed E-state index contributed by atoms with van der Waals surface area (Å²) in [5.41, 5.74) is 2.52. The Morgan fingerprint density at radius 3 is 2.92 bits per heavy atom. The molecule has 25 heavy (non-hydrogen) atoms. The molecule has 0 unspecified atom stereocenters. The second-order valence-corrected chi connectivity index (χ2v) is 7.29. The molecule has 1 N–H and O–H groups in total. The number of thioether (sulfide) groups is 1. The average Bonchev–Trinajstić information content (AvgIpc) is 3.16. The molecule has 1 saturated heterocycles. The molecule has 2 aromatic rings. The van der Waals surface area contributed by atoms with Gasteiger partial charge in [-0.2, -0.15) is 0 Å². The van der Waals surface area contributed by atoms with E-state index in [-0.39, 0.29) is 23.0 Å². The van der Waals surface area contributed by atoms with Crippen LogP contribution >= 0.6 is 11.8 Å². The highest BCUT2D eigenvalue weighted by Gasteiger charge is 2.48. The largest absolute Gasteiger partial charge is 0.354 e. The molecule has 4 nitrogen and oxygen atoms in total. The maximum absolute atomic E-state index is 13.2. The molecule has 0 aliphatic carbocycles. The molecular formula is C19H17FN2O2S. The Kier molecular flexibility index (Phi) is 4.21. The zero-order valence-electron chi connectivity index (χ0n) is 13.4. The summed E-state index contributed by atoms with van der Waals surface area (Å²) in [6.45, 7) is 0.420. The lowest BCUT2D eigenvalue weighted by molar-refractivity contribution is -0.124. The Morgan fingerprint density at radius 1 is 1.24 bits per heavy atom. The number of fused-ring (bicyclic) bond motifs is 3. The highest BCUT2D eigenvalue weighted by atomic mass is 32.2. The van der Waals surface area contributed by atoms with Gasteiger partial charge in [0.1, 0.15) is 17.2 Å². The molecule has 0 spiro atoms. The fourth-order valence-corrected chi connectivity index (χ4v) is 4.85. The van der Waals surface area contributed by atoms with Crippen molar-refractivity contribution in [3.05, 3.63) is 71.0 Å². The molecule has 4 rings (SSSR count). The van der Waals surface area contributed by atoms with E-state index in [2.05, 4.69) is 5.32 Å². The Balaban J connectivity index is 1.40. The Hall–Kier alpha value is -2.34. The second kappa shape index (κ2) is 6.52. The highest BCUT2D eigenvalue weighted by Crippen LogP contribution is 2.47. The Bertz CT molecular complexity index is 842. The summed E-state index contributed by atoms with van der Waals surface area (Å²) in [5, 5.41) is 2.82. The standard InChI is InChI=1S/C19H17FN2O2S/c20-13-5-3-4-12(10-13)8-9-21-17(23)16-11-25-19-15-7-2-1-6-14(15)18(24)22(16)19/h1-7,10,16,19H,8-9,11H2,(H,21,23)/t16-,19-/m0/s1. The van der Waals surface area contributed by atoms with Gasteiger partial charge in [0, 0.05) is 17.9 Å². The lowest BCUT2D eigenvalue weighted by Gasteiger charge is -2.22. The van der Waals surface area contributed by atoms with Gasteiger partial charge in [-0.3, -0.25) is 9.59 Å². The molecule has 0 aromatic heterocycles. The van der Waals surface area contributed by atoms with Crippen molar-refractivity contribution in [3.8, 4) is 0 Å². The lowest BCUT2D eigenvalue weighted by atomic mass is 10.1. The molecule has 0 bridgehead atoms. The molecule has 2 aliphatic rings. The summed E-state index contributed by atoms with van der Waals surface area (Å²) in [6.07, 6.45) is 0.557. The van der Waals surface area contributed by atoms with E-state index in [0.29, 0.717) is 24.3 Å². The zero-order chi connectivity index (χ0) is 17.4. The van der Waals surface area contributed by atoms with Crippen molar-refractivity contribution in [1.82, 2.24) is 10.2 Å². The minimum absolute atomic E-state index is 0.0670. The first kappa shape index (κ1) is 16.1. The van der Waals surface area contributed by atoms with E-state index in [9.17, 15) is 14.0 Å². The van der Waals surface area contributed by atoms with Crippen LogP contribution in [0.5, 0.6) is 0 Å². The van der Waals surface area contributed by atoms with Crippen molar-refractivity contribution < 1.29 is 14.0 Å². The predicted octanol–water partition coefficient (Wildman–Crippen LogP) is 2.75. The maximum atomic E-state index is 13.2. The van der Waals surface area contributed by atoms with Gasteiger partial charge in [-0.15, -0.1) is 11.8 Å². The summed E-state index contributed by atoms with van der Waals surface area (Å²) in [5.74, 6) is 0.0963. The summed E-state index contributed by atoms with van der Waals surface area (Å²) < 4.78 is 13.2. The van der Waals surface area contributed by atoms with Crippen LogP contribution in [0.15, 0.2) is 48.5 Å². The number of carbonyl (C=O) groups is 2. The van der Waals surface area contributed by atoms with Crippen LogP contribution in [0.25, 0.3) is 0 Å². The van der Waals surface area contributed by atoms with Gasteiger partial charge in [0.25, 0.3) is 5.91 Å². The number of nitrogens with one attached hydrogen (secondary N) is 1. The van der Waals surface area contributed by atoms with Gasteiger partial charge in [0.15, 0.2) is 0 Å². The van der Waals surface area contributed by atoms with E-state index in [0.717, 1.165) is 11.1 Å². The van der Waals surface area contributed by atoms with Crippen LogP contribution in [-0.4, -0.2) is 35.1 Å². The molecule has 2 aromatic carbocycles. The van der Waals surface area contributed by atoms with Gasteiger partial charge < -0.3 is 10.2 Å². The van der Waals surface area contributed by atoms with Crippen molar-refractivity contribution in [3.63, 3.8) is 0 Å². The average molecular weight is 356 g/mol. The third-order valence-electron chi connectivity index (χ3n) is 4.60. The highest BCUT2D eigenvalue weighted by molar-refractivity contribution is 7.99. The number of rotatable bonds is 4. The summed E-state index contributed by atoms with van der Waals surface area (Å²) >= 11 is 1.62. The van der Waals surface area contributed by atoms with Crippen LogP contribution in [0.1, 0.15) is 26.9 Å². The normalized spacial score (nSPS) is 21.2. The van der Waals surface area contributed by atoms with Crippen molar-refractivity contribution >= 4 is 23.6 Å². The quantitative estimate of drug-likeness (QED) is 0.916. The minimum Gasteiger partial charge on any atom is -0.354 e. The molecule has 6 heteroatoms. The van der Waals surface area contributed by atoms with Crippen LogP contribution in [0.2, 0.25) is 0 Å². The van der Waals surface area contributed by atoms with Crippen LogP contribution < -0.4 is 5.32 Å². The minimum atomic E-state index is -0.456. The van der Waals surface area contributed by atoms with Gasteiger partial charge in [0.05, 0.1) is 0 Å². The van der Waals surface area contributed by atoms with Crippen molar-refractivity contribution in [2.45, 2.75) is 17.8 Å². The van der Waals surface area contributed by atoms with Crippen LogP contribution in [-0.2, 0) is 11.2 Å². The molecule has 0 radical (unpaired) electrons. The van der Waals surface area contributed by atoms with Gasteiger partial charge >= 0.3 is 0 Å². The number of nitrogens with zero attached hydrogens (tertiary/aromatic N) is 1. The molecule has 2 atom stereocenters. The SMILES string of the molecule is O=C(NCCc1cccc(F)c1)[C@@H]1CS[C@H]2c3ccccc3C(=O)N12. The second-order valence-electron chi connectivity index (χ2n) is 6.17. The number of amides is 2. The fourth-order valence-electron chi connectivity index (χ4n) is 3.38. The van der Waals surface area contributed by atoms with Gasteiger partial charge in [-0.1, -0.05) is 30.3 Å². The summed E-state index contributed by atoms with van der Waals surface area (Å²) in [6, 6.07) is 13.4. The molecule has 0 saturated carbocycles. The summed E-state index contributed by atoms with van der Waals surface area (Å²) in [7, 11) is 0. The van der Waals surface area contributed by atoms with E-state index in [4.69, 9.17) is 0 Å². The van der Waals surface area contributed by atoms with Crippen LogP contribution in [0.3, 0.4) is 0 Å². The van der Waals surface area contributed by atoms with E-state index in [1.165, 1.54) is 12.1 Å². The third-order valence-corrected chi connectivity index (χ3v) is 5.90. The first-order chi connectivity index (χ1) is 12.1. The number of hydrogen-bond donors (Lipinski definition) is 1. The molecule has 2 aliphatic heterocycles. The first-order valence-electron chi connectivity index (χ1n) is 8.20. The number of hydrogen-bond acceptors (Lipinski definition) is 3. The van der Waals surface area contributed by atoms with E-state index in [1.54, 1.807) is 22.7 Å². The number of carbonyl (C=O) groups excluding carboxylic acids is 2. The summed E-state index contributed by atoms with van der Waals surface area (Å²) in [4.78, 5) is 26.9. The van der Waals surface area contributed by atoms with Crippen molar-refractivity contribution in [2.75, 3.05) is 12.3 Å². The van der Waals surface area contributed by atoms with E-state index < -0.39 is 6.04 Å². The Labute approximate surface area is 149 Å². The topological polar surface area (TPSA) is 49.4 Å². The van der Waals surface area contributed by atoms with Crippen LogP contribution in [0, 0.1) is 5.82 Å². The monoisotopic (exact) mass is 356 g/mol. The molecule has 2 heterocycles.